The Hall–Kier alpha value is -2.53. The summed E-state index contributed by atoms with van der Waals surface area (Å²) in [4.78, 5) is 15.9. The van der Waals surface area contributed by atoms with Gasteiger partial charge in [0.05, 0.1) is 25.7 Å². The van der Waals surface area contributed by atoms with E-state index in [2.05, 4.69) is 41.4 Å². The molecule has 0 radical (unpaired) electrons. The molecule has 1 saturated heterocycles. The molecule has 1 saturated carbocycles. The first kappa shape index (κ1) is 20.7. The third kappa shape index (κ3) is 4.17. The van der Waals surface area contributed by atoms with Gasteiger partial charge in [0.1, 0.15) is 5.75 Å². The molecule has 2 fully saturated rings. The van der Waals surface area contributed by atoms with E-state index in [0.29, 0.717) is 0 Å². The molecule has 5 heteroatoms. The molecule has 1 aliphatic heterocycles. The van der Waals surface area contributed by atoms with E-state index in [4.69, 9.17) is 9.47 Å². The number of aryl methyl sites for hydroxylation is 1. The molecule has 2 aromatic rings. The molecule has 5 nitrogen and oxygen atoms in total. The number of anilines is 2. The van der Waals surface area contributed by atoms with Gasteiger partial charge in [-0.05, 0) is 61.2 Å². The van der Waals surface area contributed by atoms with Crippen LogP contribution in [0.25, 0.3) is 0 Å². The highest BCUT2D eigenvalue weighted by Gasteiger charge is 2.41. The fourth-order valence-corrected chi connectivity index (χ4v) is 4.76. The van der Waals surface area contributed by atoms with Gasteiger partial charge in [0.2, 0.25) is 5.91 Å². The van der Waals surface area contributed by atoms with Crippen LogP contribution in [-0.4, -0.2) is 39.3 Å². The van der Waals surface area contributed by atoms with Crippen LogP contribution in [0, 0.1) is 6.92 Å². The van der Waals surface area contributed by atoms with Gasteiger partial charge in [-0.15, -0.1) is 0 Å². The summed E-state index contributed by atoms with van der Waals surface area (Å²) in [6.45, 7) is 5.42. The second-order valence-electron chi connectivity index (χ2n) is 8.42. The predicted octanol–water partition coefficient (Wildman–Crippen LogP) is 4.68. The Kier molecular flexibility index (Phi) is 6.28. The number of hydrogen-bond acceptors (Lipinski definition) is 4. The highest BCUT2D eigenvalue weighted by Crippen LogP contribution is 2.41. The SMILES string of the molecule is COc1ccc(C2(C(=O)Nc3ccc(N4CCOCC4)cc3C)CCCCC2)cc1. The molecule has 1 N–H and O–H groups in total. The second-order valence-corrected chi connectivity index (χ2v) is 8.42. The number of morpholine rings is 1. The zero-order valence-electron chi connectivity index (χ0n) is 18.1. The molecule has 0 bridgehead atoms. The molecule has 0 unspecified atom stereocenters. The summed E-state index contributed by atoms with van der Waals surface area (Å²) in [5, 5.41) is 3.26. The molecule has 0 atom stereocenters. The quantitative estimate of drug-likeness (QED) is 0.780. The van der Waals surface area contributed by atoms with Crippen LogP contribution in [0.4, 0.5) is 11.4 Å². The van der Waals surface area contributed by atoms with Crippen molar-refractivity contribution < 1.29 is 14.3 Å². The zero-order valence-corrected chi connectivity index (χ0v) is 18.1. The first-order valence-corrected chi connectivity index (χ1v) is 11.0. The van der Waals surface area contributed by atoms with Crippen LogP contribution >= 0.6 is 0 Å². The van der Waals surface area contributed by atoms with Crippen molar-refractivity contribution in [2.75, 3.05) is 43.6 Å². The van der Waals surface area contributed by atoms with Crippen molar-refractivity contribution in [3.63, 3.8) is 0 Å². The monoisotopic (exact) mass is 408 g/mol. The van der Waals surface area contributed by atoms with E-state index in [9.17, 15) is 4.79 Å². The van der Waals surface area contributed by atoms with Crippen molar-refractivity contribution in [3.8, 4) is 5.75 Å². The molecular weight excluding hydrogens is 376 g/mol. The lowest BCUT2D eigenvalue weighted by atomic mass is 9.68. The zero-order chi connectivity index (χ0) is 21.0. The van der Waals surface area contributed by atoms with Gasteiger partial charge in [-0.25, -0.2) is 0 Å². The average molecular weight is 409 g/mol. The Bertz CT molecular complexity index is 866. The predicted molar refractivity (Wildman–Crippen MR) is 121 cm³/mol. The van der Waals surface area contributed by atoms with Crippen LogP contribution in [0.5, 0.6) is 5.75 Å². The van der Waals surface area contributed by atoms with Crippen LogP contribution < -0.4 is 15.0 Å². The molecule has 160 valence electrons. The van der Waals surface area contributed by atoms with E-state index in [1.807, 2.05) is 18.2 Å². The summed E-state index contributed by atoms with van der Waals surface area (Å²) in [6.07, 6.45) is 5.12. The molecule has 1 amide bonds. The number of amides is 1. The van der Waals surface area contributed by atoms with Crippen molar-refractivity contribution >= 4 is 17.3 Å². The summed E-state index contributed by atoms with van der Waals surface area (Å²) in [5.41, 5.74) is 3.79. The van der Waals surface area contributed by atoms with E-state index >= 15 is 0 Å². The Morgan fingerprint density at radius 3 is 2.37 bits per heavy atom. The van der Waals surface area contributed by atoms with Crippen LogP contribution in [0.3, 0.4) is 0 Å². The molecule has 2 aromatic carbocycles. The van der Waals surface area contributed by atoms with Crippen LogP contribution in [-0.2, 0) is 14.9 Å². The van der Waals surface area contributed by atoms with Crippen molar-refractivity contribution in [3.05, 3.63) is 53.6 Å². The van der Waals surface area contributed by atoms with Gasteiger partial charge in [-0.1, -0.05) is 31.4 Å². The van der Waals surface area contributed by atoms with Crippen LogP contribution in [0.1, 0.15) is 43.2 Å². The van der Waals surface area contributed by atoms with Crippen molar-refractivity contribution in [1.29, 1.82) is 0 Å². The van der Waals surface area contributed by atoms with E-state index in [1.165, 1.54) is 12.1 Å². The Balaban J connectivity index is 1.56. The largest absolute Gasteiger partial charge is 0.497 e. The fraction of sp³-hybridized carbons (Fsp3) is 0.480. The molecular formula is C25H32N2O3. The van der Waals surface area contributed by atoms with E-state index in [0.717, 1.165) is 74.6 Å². The minimum atomic E-state index is -0.472. The number of carbonyl (C=O) groups is 1. The first-order valence-electron chi connectivity index (χ1n) is 11.0. The van der Waals surface area contributed by atoms with Crippen molar-refractivity contribution in [2.45, 2.75) is 44.4 Å². The Morgan fingerprint density at radius 1 is 1.03 bits per heavy atom. The van der Waals surface area contributed by atoms with Crippen LogP contribution in [0.15, 0.2) is 42.5 Å². The minimum Gasteiger partial charge on any atom is -0.497 e. The van der Waals surface area contributed by atoms with Gasteiger partial charge < -0.3 is 19.7 Å². The standard InChI is InChI=1S/C25H32N2O3/c1-19-18-21(27-14-16-30-17-15-27)8-11-23(19)26-24(28)25(12-4-3-5-13-25)20-6-9-22(29-2)10-7-20/h6-11,18H,3-5,12-17H2,1-2H3,(H,26,28). The number of nitrogens with one attached hydrogen (secondary N) is 1. The highest BCUT2D eigenvalue weighted by molar-refractivity contribution is 6.00. The molecule has 4 rings (SSSR count). The molecule has 0 spiro atoms. The number of benzene rings is 2. The van der Waals surface area contributed by atoms with Gasteiger partial charge in [0, 0.05) is 24.5 Å². The molecule has 1 aliphatic carbocycles. The van der Waals surface area contributed by atoms with E-state index in [1.54, 1.807) is 7.11 Å². The van der Waals surface area contributed by atoms with Gasteiger partial charge in [0.25, 0.3) is 0 Å². The summed E-state index contributed by atoms with van der Waals surface area (Å²) in [6, 6.07) is 14.3. The lowest BCUT2D eigenvalue weighted by molar-refractivity contribution is -0.122. The third-order valence-electron chi connectivity index (χ3n) is 6.62. The third-order valence-corrected chi connectivity index (χ3v) is 6.62. The fourth-order valence-electron chi connectivity index (χ4n) is 4.76. The topological polar surface area (TPSA) is 50.8 Å². The van der Waals surface area contributed by atoms with E-state index < -0.39 is 5.41 Å². The van der Waals surface area contributed by atoms with Gasteiger partial charge in [-0.3, -0.25) is 4.79 Å². The first-order chi connectivity index (χ1) is 14.6. The number of nitrogens with zero attached hydrogens (tertiary/aromatic N) is 1. The summed E-state index contributed by atoms with van der Waals surface area (Å²) in [7, 11) is 1.67. The van der Waals surface area contributed by atoms with E-state index in [-0.39, 0.29) is 5.91 Å². The minimum absolute atomic E-state index is 0.106. The number of hydrogen-bond donors (Lipinski definition) is 1. The maximum Gasteiger partial charge on any atom is 0.235 e. The van der Waals surface area contributed by atoms with Gasteiger partial charge in [-0.2, -0.15) is 0 Å². The normalized spacial score (nSPS) is 18.7. The highest BCUT2D eigenvalue weighted by atomic mass is 16.5. The molecule has 2 aliphatic rings. The smallest absolute Gasteiger partial charge is 0.235 e. The number of ether oxygens (including phenoxy) is 2. The Morgan fingerprint density at radius 2 is 1.73 bits per heavy atom. The maximum atomic E-state index is 13.6. The molecule has 1 heterocycles. The lowest BCUT2D eigenvalue weighted by Crippen LogP contribution is -2.42. The van der Waals surface area contributed by atoms with Crippen molar-refractivity contribution in [1.82, 2.24) is 0 Å². The maximum absolute atomic E-state index is 13.6. The summed E-state index contributed by atoms with van der Waals surface area (Å²) >= 11 is 0. The van der Waals surface area contributed by atoms with Crippen LogP contribution in [0.2, 0.25) is 0 Å². The van der Waals surface area contributed by atoms with Gasteiger partial charge >= 0.3 is 0 Å². The number of carbonyl (C=O) groups excluding carboxylic acids is 1. The Labute approximate surface area is 179 Å². The number of rotatable bonds is 5. The summed E-state index contributed by atoms with van der Waals surface area (Å²) in [5.74, 6) is 0.925. The second kappa shape index (κ2) is 9.09. The van der Waals surface area contributed by atoms with Crippen molar-refractivity contribution in [2.24, 2.45) is 0 Å². The van der Waals surface area contributed by atoms with Gasteiger partial charge in [0.15, 0.2) is 0 Å². The lowest BCUT2D eigenvalue weighted by Gasteiger charge is -2.36. The number of methoxy groups -OCH3 is 1. The summed E-state index contributed by atoms with van der Waals surface area (Å²) < 4.78 is 10.8. The average Bonchev–Trinajstić information content (AvgIpc) is 2.81. The molecule has 0 aromatic heterocycles. The molecule has 30 heavy (non-hydrogen) atoms.